The normalized spacial score (nSPS) is 16.0. The zero-order chi connectivity index (χ0) is 26.8. The molecule has 37 heavy (non-hydrogen) atoms. The van der Waals surface area contributed by atoms with Crippen molar-refractivity contribution in [1.29, 1.82) is 0 Å². The number of rotatable bonds is 20. The van der Waals surface area contributed by atoms with Gasteiger partial charge in [-0.2, -0.15) is 0 Å². The van der Waals surface area contributed by atoms with Crippen molar-refractivity contribution in [3.8, 4) is 5.75 Å². The molecule has 0 heterocycles. The van der Waals surface area contributed by atoms with E-state index in [0.717, 1.165) is 50.8 Å². The second kappa shape index (κ2) is 18.7. The van der Waals surface area contributed by atoms with Crippen LogP contribution in [0.3, 0.4) is 0 Å². The van der Waals surface area contributed by atoms with E-state index in [0.29, 0.717) is 6.42 Å². The Hall–Kier alpha value is -1.55. The standard InChI is InChI=1S/C33H57NO3/c1-5-6-7-8-9-10-11-12-13-14-15-16-18-21-32(35)37-33(26-19-17-20-27-33)31(28-34(2)3)29-22-24-30(36-4)25-23-29/h22-25,31H,5-21,26-28H2,1-4H3. The number of benzene rings is 1. The highest BCUT2D eigenvalue weighted by Gasteiger charge is 2.44. The van der Waals surface area contributed by atoms with Gasteiger partial charge >= 0.3 is 5.97 Å². The number of esters is 1. The molecule has 1 atom stereocenters. The van der Waals surface area contributed by atoms with Gasteiger partial charge in [0.25, 0.3) is 0 Å². The number of carbonyl (C=O) groups is 1. The lowest BCUT2D eigenvalue weighted by Gasteiger charge is -2.44. The quantitative estimate of drug-likeness (QED) is 0.128. The van der Waals surface area contributed by atoms with E-state index in [1.807, 2.05) is 12.1 Å². The predicted octanol–water partition coefficient (Wildman–Crippen LogP) is 9.07. The van der Waals surface area contributed by atoms with Gasteiger partial charge in [-0.25, -0.2) is 0 Å². The Balaban J connectivity index is 1.77. The van der Waals surface area contributed by atoms with Crippen molar-refractivity contribution in [2.75, 3.05) is 27.7 Å². The fraction of sp³-hybridized carbons (Fsp3) is 0.788. The Morgan fingerprint density at radius 3 is 1.81 bits per heavy atom. The molecule has 1 aromatic carbocycles. The highest BCUT2D eigenvalue weighted by molar-refractivity contribution is 5.70. The molecule has 0 aliphatic heterocycles. The second-order valence-electron chi connectivity index (χ2n) is 11.7. The molecule has 4 nitrogen and oxygen atoms in total. The number of hydrogen-bond donors (Lipinski definition) is 0. The molecule has 1 aliphatic rings. The van der Waals surface area contributed by atoms with Crippen LogP contribution in [0.1, 0.15) is 140 Å². The molecule has 1 unspecified atom stereocenters. The molecule has 1 aliphatic carbocycles. The summed E-state index contributed by atoms with van der Waals surface area (Å²) in [7, 11) is 5.93. The number of hydrogen-bond acceptors (Lipinski definition) is 4. The Morgan fingerprint density at radius 1 is 0.811 bits per heavy atom. The molecule has 0 radical (unpaired) electrons. The molecule has 0 N–H and O–H groups in total. The summed E-state index contributed by atoms with van der Waals surface area (Å²) < 4.78 is 11.8. The van der Waals surface area contributed by atoms with E-state index in [9.17, 15) is 4.79 Å². The third-order valence-electron chi connectivity index (χ3n) is 8.20. The lowest BCUT2D eigenvalue weighted by molar-refractivity contribution is -0.167. The first kappa shape index (κ1) is 31.7. The Labute approximate surface area is 228 Å². The maximum atomic E-state index is 13.1. The van der Waals surface area contributed by atoms with Gasteiger partial charge in [0.2, 0.25) is 0 Å². The molecule has 0 spiro atoms. The van der Waals surface area contributed by atoms with Crippen molar-refractivity contribution >= 4 is 5.97 Å². The van der Waals surface area contributed by atoms with Crippen LogP contribution in [-0.2, 0) is 9.53 Å². The Bertz CT molecular complexity index is 709. The van der Waals surface area contributed by atoms with Crippen LogP contribution in [0.15, 0.2) is 24.3 Å². The van der Waals surface area contributed by atoms with Gasteiger partial charge in [-0.05, 0) is 63.9 Å². The predicted molar refractivity (Wildman–Crippen MR) is 157 cm³/mol. The van der Waals surface area contributed by atoms with Crippen molar-refractivity contribution < 1.29 is 14.3 Å². The summed E-state index contributed by atoms with van der Waals surface area (Å²) >= 11 is 0. The fourth-order valence-corrected chi connectivity index (χ4v) is 6.01. The topological polar surface area (TPSA) is 38.8 Å². The van der Waals surface area contributed by atoms with Gasteiger partial charge in [0.15, 0.2) is 0 Å². The molecule has 1 aromatic rings. The first-order valence-corrected chi connectivity index (χ1v) is 15.5. The number of carbonyl (C=O) groups excluding carboxylic acids is 1. The third-order valence-corrected chi connectivity index (χ3v) is 8.20. The summed E-state index contributed by atoms with van der Waals surface area (Å²) in [5, 5.41) is 0. The third kappa shape index (κ3) is 12.2. The Kier molecular flexibility index (Phi) is 16.0. The monoisotopic (exact) mass is 515 g/mol. The van der Waals surface area contributed by atoms with E-state index >= 15 is 0 Å². The van der Waals surface area contributed by atoms with Gasteiger partial charge < -0.3 is 14.4 Å². The van der Waals surface area contributed by atoms with Crippen molar-refractivity contribution in [2.24, 2.45) is 0 Å². The number of methoxy groups -OCH3 is 1. The Morgan fingerprint density at radius 2 is 1.32 bits per heavy atom. The number of ether oxygens (including phenoxy) is 2. The summed E-state index contributed by atoms with van der Waals surface area (Å²) in [6, 6.07) is 8.38. The summed E-state index contributed by atoms with van der Waals surface area (Å²) in [6.07, 6.45) is 23.1. The van der Waals surface area contributed by atoms with Gasteiger partial charge in [-0.3, -0.25) is 4.79 Å². The molecule has 1 fully saturated rings. The summed E-state index contributed by atoms with van der Waals surface area (Å²) in [6.45, 7) is 3.15. The zero-order valence-corrected chi connectivity index (χ0v) is 24.7. The first-order chi connectivity index (χ1) is 18.0. The van der Waals surface area contributed by atoms with Crippen LogP contribution in [0, 0.1) is 0 Å². The molecule has 0 amide bonds. The molecule has 4 heteroatoms. The number of unbranched alkanes of at least 4 members (excludes halogenated alkanes) is 12. The smallest absolute Gasteiger partial charge is 0.306 e. The number of likely N-dealkylation sites (N-methyl/N-ethyl adjacent to an activating group) is 1. The maximum absolute atomic E-state index is 13.1. The molecule has 2 rings (SSSR count). The average molecular weight is 516 g/mol. The van der Waals surface area contributed by atoms with Gasteiger partial charge in [-0.15, -0.1) is 0 Å². The molecule has 212 valence electrons. The van der Waals surface area contributed by atoms with E-state index in [1.165, 1.54) is 82.6 Å². The minimum atomic E-state index is -0.398. The van der Waals surface area contributed by atoms with E-state index in [-0.39, 0.29) is 11.9 Å². The van der Waals surface area contributed by atoms with Crippen LogP contribution in [-0.4, -0.2) is 44.2 Å². The summed E-state index contributed by atoms with van der Waals surface area (Å²) in [4.78, 5) is 15.3. The van der Waals surface area contributed by atoms with Gasteiger partial charge in [0, 0.05) is 18.9 Å². The van der Waals surface area contributed by atoms with E-state index in [1.54, 1.807) is 7.11 Å². The van der Waals surface area contributed by atoms with Crippen LogP contribution in [0.2, 0.25) is 0 Å². The SMILES string of the molecule is CCCCCCCCCCCCCCCC(=O)OC1(C(CN(C)C)c2ccc(OC)cc2)CCCCC1. The molecule has 0 bridgehead atoms. The average Bonchev–Trinajstić information content (AvgIpc) is 2.90. The van der Waals surface area contributed by atoms with Crippen LogP contribution in [0.25, 0.3) is 0 Å². The molecule has 1 saturated carbocycles. The molecular weight excluding hydrogens is 458 g/mol. The molecule has 0 saturated heterocycles. The lowest BCUT2D eigenvalue weighted by atomic mass is 9.72. The largest absolute Gasteiger partial charge is 0.497 e. The number of nitrogens with zero attached hydrogens (tertiary/aromatic N) is 1. The zero-order valence-electron chi connectivity index (χ0n) is 24.7. The summed E-state index contributed by atoms with van der Waals surface area (Å²) in [5.41, 5.74) is 0.843. The van der Waals surface area contributed by atoms with Gasteiger partial charge in [-0.1, -0.05) is 103 Å². The molecule has 0 aromatic heterocycles. The van der Waals surface area contributed by atoms with Crippen molar-refractivity contribution in [2.45, 2.75) is 140 Å². The van der Waals surface area contributed by atoms with Crippen LogP contribution in [0.5, 0.6) is 5.75 Å². The van der Waals surface area contributed by atoms with Crippen LogP contribution >= 0.6 is 0 Å². The van der Waals surface area contributed by atoms with Crippen molar-refractivity contribution in [1.82, 2.24) is 4.90 Å². The van der Waals surface area contributed by atoms with Crippen LogP contribution in [0.4, 0.5) is 0 Å². The van der Waals surface area contributed by atoms with E-state index in [2.05, 4.69) is 38.1 Å². The lowest BCUT2D eigenvalue weighted by Crippen LogP contribution is -2.46. The van der Waals surface area contributed by atoms with Crippen LogP contribution < -0.4 is 4.74 Å². The minimum absolute atomic E-state index is 0.00207. The van der Waals surface area contributed by atoms with Gasteiger partial charge in [0.1, 0.15) is 11.4 Å². The van der Waals surface area contributed by atoms with Crippen molar-refractivity contribution in [3.63, 3.8) is 0 Å². The van der Waals surface area contributed by atoms with Gasteiger partial charge in [0.05, 0.1) is 7.11 Å². The minimum Gasteiger partial charge on any atom is -0.497 e. The highest BCUT2D eigenvalue weighted by atomic mass is 16.6. The first-order valence-electron chi connectivity index (χ1n) is 15.5. The van der Waals surface area contributed by atoms with E-state index in [4.69, 9.17) is 9.47 Å². The van der Waals surface area contributed by atoms with E-state index < -0.39 is 5.60 Å². The van der Waals surface area contributed by atoms with Crippen molar-refractivity contribution in [3.05, 3.63) is 29.8 Å². The highest BCUT2D eigenvalue weighted by Crippen LogP contribution is 2.44. The summed E-state index contributed by atoms with van der Waals surface area (Å²) in [5.74, 6) is 1.04. The fourth-order valence-electron chi connectivity index (χ4n) is 6.01. The molecular formula is C33H57NO3. The maximum Gasteiger partial charge on any atom is 0.306 e. The second-order valence-corrected chi connectivity index (χ2v) is 11.7.